The number of fused-ring (bicyclic) bond motifs is 3. The Morgan fingerprint density at radius 1 is 0.851 bits per heavy atom. The number of rotatable bonds is 6. The van der Waals surface area contributed by atoms with E-state index in [0.717, 1.165) is 38.7 Å². The van der Waals surface area contributed by atoms with Crippen molar-refractivity contribution in [2.45, 2.75) is 50.2 Å². The van der Waals surface area contributed by atoms with Crippen LogP contribution < -0.4 is 4.40 Å². The summed E-state index contributed by atoms with van der Waals surface area (Å²) in [5, 5.41) is 2.05. The van der Waals surface area contributed by atoms with E-state index in [4.69, 9.17) is 12.6 Å². The third kappa shape index (κ3) is 8.01. The van der Waals surface area contributed by atoms with Crippen molar-refractivity contribution < 1.29 is 32.7 Å². The van der Waals surface area contributed by atoms with E-state index in [1.54, 1.807) is 42.6 Å². The van der Waals surface area contributed by atoms with Crippen molar-refractivity contribution in [2.24, 2.45) is 0 Å². The molecule has 5 heteroatoms. The van der Waals surface area contributed by atoms with Crippen LogP contribution in [-0.2, 0) is 26.5 Å². The molecule has 0 aliphatic carbocycles. The standard InChI is InChI=1S/C24H16NO.C18H24GeN.Ir/c1-2-7-17(8-3-1)15-18-13-14-25-22(16-18)21-11-6-10-20-19-9-4-5-12-23(19)26-24(20)21;1-13(2)16-11-18(15-9-7-14(3)8-10-15)20-12-17(16)19(4,5)6;/h1-10,12-14,16H,15H2;7-9,11-13H,1-6H3;/q2*-1;/i15D2;3D3,13D;. The number of benzene rings is 4. The molecule has 1 radical (unpaired) electrons. The van der Waals surface area contributed by atoms with Crippen LogP contribution in [0.2, 0.25) is 17.3 Å². The van der Waals surface area contributed by atoms with Crippen LogP contribution in [0, 0.1) is 19.0 Å². The molecular weight excluding hydrogens is 813 g/mol. The summed E-state index contributed by atoms with van der Waals surface area (Å²) in [6.07, 6.45) is 1.92. The van der Waals surface area contributed by atoms with Crippen LogP contribution in [0.3, 0.4) is 0 Å². The quantitative estimate of drug-likeness (QED) is 0.124. The average molecular weight is 860 g/mol. The van der Waals surface area contributed by atoms with Gasteiger partial charge in [0, 0.05) is 34.4 Å². The summed E-state index contributed by atoms with van der Waals surface area (Å²) in [7, 11) is 0. The fraction of sp³-hybridized carbons (Fsp3) is 0.190. The molecule has 0 atom stereocenters. The zero-order valence-electron chi connectivity index (χ0n) is 33.1. The van der Waals surface area contributed by atoms with E-state index >= 15 is 0 Å². The number of furan rings is 1. The van der Waals surface area contributed by atoms with Gasteiger partial charge < -0.3 is 9.40 Å². The van der Waals surface area contributed by atoms with E-state index in [9.17, 15) is 0 Å². The smallest absolute Gasteiger partial charge is 0.120 e. The summed E-state index contributed by atoms with van der Waals surface area (Å²) >= 11 is -2.14. The van der Waals surface area contributed by atoms with E-state index in [1.807, 2.05) is 80.7 Å². The molecule has 3 aromatic heterocycles. The van der Waals surface area contributed by atoms with Crippen molar-refractivity contribution in [1.29, 1.82) is 0 Å². The average Bonchev–Trinajstić information content (AvgIpc) is 3.50. The summed E-state index contributed by atoms with van der Waals surface area (Å²) < 4.78 is 55.4. The van der Waals surface area contributed by atoms with Crippen molar-refractivity contribution in [3.8, 4) is 22.5 Å². The van der Waals surface area contributed by atoms with Crippen molar-refractivity contribution in [3.05, 3.63) is 150 Å². The van der Waals surface area contributed by atoms with Crippen LogP contribution >= 0.6 is 0 Å². The first-order valence-corrected chi connectivity index (χ1v) is 22.7. The van der Waals surface area contributed by atoms with Crippen LogP contribution in [0.25, 0.3) is 44.5 Å². The third-order valence-electron chi connectivity index (χ3n) is 7.76. The molecule has 0 unspecified atom stereocenters. The van der Waals surface area contributed by atoms with Gasteiger partial charge >= 0.3 is 131 Å². The fourth-order valence-corrected chi connectivity index (χ4v) is 8.73. The Kier molecular flexibility index (Phi) is 8.63. The second kappa shape index (κ2) is 14.9. The predicted octanol–water partition coefficient (Wildman–Crippen LogP) is 10.6. The summed E-state index contributed by atoms with van der Waals surface area (Å²) in [6, 6.07) is 37.5. The molecule has 3 heterocycles. The van der Waals surface area contributed by atoms with Crippen molar-refractivity contribution in [2.75, 3.05) is 0 Å². The molecule has 0 N–H and O–H groups in total. The van der Waals surface area contributed by atoms with E-state index in [2.05, 4.69) is 39.4 Å². The van der Waals surface area contributed by atoms with Gasteiger partial charge in [-0.15, -0.1) is 18.2 Å². The van der Waals surface area contributed by atoms with Gasteiger partial charge in [0.1, 0.15) is 5.58 Å². The Labute approximate surface area is 303 Å². The van der Waals surface area contributed by atoms with E-state index < -0.39 is 32.4 Å². The van der Waals surface area contributed by atoms with Gasteiger partial charge in [-0.25, -0.2) is 0 Å². The zero-order valence-corrected chi connectivity index (χ0v) is 31.6. The van der Waals surface area contributed by atoms with Gasteiger partial charge in [0.25, 0.3) is 0 Å². The number of hydrogen-bond donors (Lipinski definition) is 0. The molecule has 4 aromatic carbocycles. The van der Waals surface area contributed by atoms with Gasteiger partial charge in [0.05, 0.1) is 5.58 Å². The van der Waals surface area contributed by atoms with E-state index in [1.165, 1.54) is 10.5 Å². The van der Waals surface area contributed by atoms with Crippen molar-refractivity contribution >= 4 is 39.6 Å². The molecule has 0 aliphatic rings. The number of pyridine rings is 2. The summed E-state index contributed by atoms with van der Waals surface area (Å²) in [5.41, 5.74) is 6.83. The SMILES string of the molecule is [2H]C([2H])([2H])c1c[c-]c(-c2cc(C([2H])(C)C)[c]([Ge]([CH3])([CH3])[CH3])cn2)cc1.[2H]C([2H])(c1ccccc1)c1ccnc(-c2[c-]ccc3c2oc2ccccc23)c1.[Ir]. The minimum absolute atomic E-state index is 0. The zero-order chi connectivity index (χ0) is 37.5. The second-order valence-electron chi connectivity index (χ2n) is 12.5. The van der Waals surface area contributed by atoms with Crippen LogP contribution in [0.4, 0.5) is 0 Å². The molecule has 0 saturated carbocycles. The Bertz CT molecular complexity index is 2350. The molecule has 0 amide bonds. The summed E-state index contributed by atoms with van der Waals surface area (Å²) in [6.45, 7) is 1.66. The molecule has 0 spiro atoms. The number of hydrogen-bond acceptors (Lipinski definition) is 3. The molecule has 7 rings (SSSR count). The van der Waals surface area contributed by atoms with E-state index in [0.29, 0.717) is 22.4 Å². The topological polar surface area (TPSA) is 38.9 Å². The Morgan fingerprint density at radius 2 is 1.64 bits per heavy atom. The Morgan fingerprint density at radius 3 is 2.36 bits per heavy atom. The van der Waals surface area contributed by atoms with Gasteiger partial charge in [-0.1, -0.05) is 65.5 Å². The molecule has 47 heavy (non-hydrogen) atoms. The first-order valence-electron chi connectivity index (χ1n) is 18.3. The molecule has 0 aliphatic heterocycles. The third-order valence-corrected chi connectivity index (χ3v) is 12.0. The van der Waals surface area contributed by atoms with Gasteiger partial charge in [0.2, 0.25) is 0 Å². The summed E-state index contributed by atoms with van der Waals surface area (Å²) in [5.74, 6) is 6.18. The largest absolute Gasteiger partial charge is 0.501 e. The van der Waals surface area contributed by atoms with Crippen LogP contribution in [0.1, 0.15) is 50.2 Å². The van der Waals surface area contributed by atoms with Crippen molar-refractivity contribution in [3.63, 3.8) is 0 Å². The van der Waals surface area contributed by atoms with Gasteiger partial charge in [0.15, 0.2) is 0 Å². The molecule has 0 bridgehead atoms. The number of aryl methyl sites for hydroxylation is 1. The predicted molar refractivity (Wildman–Crippen MR) is 195 cm³/mol. The summed E-state index contributed by atoms with van der Waals surface area (Å²) in [4.78, 5) is 9.05. The number of nitrogens with zero attached hydrogens (tertiary/aromatic N) is 2. The molecule has 0 saturated heterocycles. The van der Waals surface area contributed by atoms with Crippen LogP contribution in [0.5, 0.6) is 0 Å². The Hall–Kier alpha value is -3.83. The fourth-order valence-electron chi connectivity index (χ4n) is 5.41. The normalized spacial score (nSPS) is 14.0. The molecule has 3 nitrogen and oxygen atoms in total. The first kappa shape index (κ1) is 27.2. The first-order chi connectivity index (χ1) is 24.4. The van der Waals surface area contributed by atoms with Crippen molar-refractivity contribution in [1.82, 2.24) is 9.97 Å². The van der Waals surface area contributed by atoms with E-state index in [-0.39, 0.29) is 25.7 Å². The second-order valence-corrected chi connectivity index (χ2v) is 23.0. The Balaban J connectivity index is 0.000000203. The van der Waals surface area contributed by atoms with Gasteiger partial charge in [-0.05, 0) is 35.3 Å². The molecule has 239 valence electrons. The van der Waals surface area contributed by atoms with Gasteiger partial charge in [-0.3, -0.25) is 0 Å². The maximum absolute atomic E-state index is 8.62. The molecule has 0 fully saturated rings. The molecular formula is C42H40GeIrN2O-2. The van der Waals surface area contributed by atoms with Crippen LogP contribution in [0.15, 0.2) is 120 Å². The maximum atomic E-state index is 8.62. The minimum atomic E-state index is -2.14. The van der Waals surface area contributed by atoms with Crippen LogP contribution in [-0.4, -0.2) is 23.2 Å². The minimum Gasteiger partial charge on any atom is -0.501 e. The maximum Gasteiger partial charge on any atom is 0.120 e. The van der Waals surface area contributed by atoms with Gasteiger partial charge in [-0.2, -0.15) is 0 Å². The number of para-hydroxylation sites is 1. The molecule has 7 aromatic rings. The number of aromatic nitrogens is 2. The monoisotopic (exact) mass is 861 g/mol.